The van der Waals surface area contributed by atoms with Crippen molar-refractivity contribution in [3.05, 3.63) is 23.5 Å². The lowest BCUT2D eigenvalue weighted by Gasteiger charge is -1.97. The van der Waals surface area contributed by atoms with Crippen LogP contribution in [0, 0.1) is 19.3 Å². The quantitative estimate of drug-likeness (QED) is 0.534. The number of hydrogen-bond donors (Lipinski definition) is 1. The fourth-order valence-electron chi connectivity index (χ4n) is 0.646. The summed E-state index contributed by atoms with van der Waals surface area (Å²) in [4.78, 5) is 3.90. The third kappa shape index (κ3) is 1.08. The van der Waals surface area contributed by atoms with Crippen LogP contribution in [0.25, 0.3) is 0 Å². The molecule has 2 N–H and O–H groups in total. The van der Waals surface area contributed by atoms with E-state index >= 15 is 0 Å². The molecule has 0 radical (unpaired) electrons. The molecular formula is C8H8N2. The summed E-state index contributed by atoms with van der Waals surface area (Å²) in [6, 6.07) is 1.79. The highest BCUT2D eigenvalue weighted by molar-refractivity contribution is 5.46. The number of nitrogens with two attached hydrogens (primary N) is 1. The first-order chi connectivity index (χ1) is 4.74. The van der Waals surface area contributed by atoms with Gasteiger partial charge < -0.3 is 5.73 Å². The van der Waals surface area contributed by atoms with E-state index in [0.29, 0.717) is 11.4 Å². The van der Waals surface area contributed by atoms with E-state index in [0.717, 1.165) is 5.56 Å². The molecule has 50 valence electrons. The molecule has 1 aromatic rings. The van der Waals surface area contributed by atoms with Crippen LogP contribution in [-0.2, 0) is 0 Å². The first-order valence-electron chi connectivity index (χ1n) is 2.93. The Morgan fingerprint density at radius 3 is 2.90 bits per heavy atom. The van der Waals surface area contributed by atoms with E-state index in [9.17, 15) is 0 Å². The number of hydrogen-bond acceptors (Lipinski definition) is 2. The molecule has 0 aliphatic heterocycles. The highest BCUT2D eigenvalue weighted by Gasteiger charge is 1.93. The average Bonchev–Trinajstić information content (AvgIpc) is 1.95. The summed E-state index contributed by atoms with van der Waals surface area (Å²) in [5.41, 5.74) is 7.80. The summed E-state index contributed by atoms with van der Waals surface area (Å²) < 4.78 is 0. The number of terminal acetylenes is 1. The largest absolute Gasteiger partial charge is 0.397 e. The monoisotopic (exact) mass is 132 g/mol. The van der Waals surface area contributed by atoms with Crippen LogP contribution in [-0.4, -0.2) is 4.98 Å². The zero-order chi connectivity index (χ0) is 7.56. The van der Waals surface area contributed by atoms with Crippen LogP contribution in [0.2, 0.25) is 0 Å². The van der Waals surface area contributed by atoms with Crippen molar-refractivity contribution in [1.29, 1.82) is 0 Å². The van der Waals surface area contributed by atoms with Crippen LogP contribution in [0.15, 0.2) is 12.3 Å². The van der Waals surface area contributed by atoms with Gasteiger partial charge in [0, 0.05) is 0 Å². The van der Waals surface area contributed by atoms with Crippen molar-refractivity contribution in [3.63, 3.8) is 0 Å². The minimum atomic E-state index is 0.631. The standard InChI is InChI=1S/C8H8N2/c1-3-7-4-6(2)8(9)5-10-7/h1,4-5H,9H2,2H3. The Morgan fingerprint density at radius 2 is 2.40 bits per heavy atom. The van der Waals surface area contributed by atoms with Gasteiger partial charge in [-0.05, 0) is 18.6 Å². The predicted octanol–water partition coefficient (Wildman–Crippen LogP) is 0.954. The number of aryl methyl sites for hydroxylation is 1. The van der Waals surface area contributed by atoms with Crippen molar-refractivity contribution in [2.75, 3.05) is 5.73 Å². The molecule has 0 unspecified atom stereocenters. The zero-order valence-electron chi connectivity index (χ0n) is 5.76. The molecule has 1 rings (SSSR count). The second kappa shape index (κ2) is 2.40. The van der Waals surface area contributed by atoms with Gasteiger partial charge in [0.15, 0.2) is 0 Å². The maximum atomic E-state index is 5.51. The molecule has 0 saturated carbocycles. The summed E-state index contributed by atoms with van der Waals surface area (Å²) in [7, 11) is 0. The highest BCUT2D eigenvalue weighted by Crippen LogP contribution is 2.07. The molecule has 0 fully saturated rings. The number of nitrogens with zero attached hydrogens (tertiary/aromatic N) is 1. The van der Waals surface area contributed by atoms with Gasteiger partial charge in [0.1, 0.15) is 5.69 Å². The van der Waals surface area contributed by atoms with Gasteiger partial charge in [0.2, 0.25) is 0 Å². The van der Waals surface area contributed by atoms with Gasteiger partial charge in [-0.2, -0.15) is 0 Å². The molecule has 0 atom stereocenters. The first kappa shape index (κ1) is 6.63. The van der Waals surface area contributed by atoms with Gasteiger partial charge in [-0.3, -0.25) is 0 Å². The van der Waals surface area contributed by atoms with Crippen molar-refractivity contribution in [2.24, 2.45) is 0 Å². The number of aromatic nitrogens is 1. The molecule has 10 heavy (non-hydrogen) atoms. The van der Waals surface area contributed by atoms with Crippen molar-refractivity contribution in [3.8, 4) is 12.3 Å². The summed E-state index contributed by atoms with van der Waals surface area (Å²) in [5.74, 6) is 2.43. The third-order valence-corrected chi connectivity index (χ3v) is 1.30. The lowest BCUT2D eigenvalue weighted by Crippen LogP contribution is -1.92. The zero-order valence-corrected chi connectivity index (χ0v) is 5.76. The minimum absolute atomic E-state index is 0.631. The predicted molar refractivity (Wildman–Crippen MR) is 41.3 cm³/mol. The molecule has 2 nitrogen and oxygen atoms in total. The van der Waals surface area contributed by atoms with Gasteiger partial charge in [-0.25, -0.2) is 4.98 Å². The average molecular weight is 132 g/mol. The molecule has 0 aliphatic carbocycles. The van der Waals surface area contributed by atoms with Crippen LogP contribution in [0.3, 0.4) is 0 Å². The summed E-state index contributed by atoms with van der Waals surface area (Å²) in [6.45, 7) is 1.90. The summed E-state index contributed by atoms with van der Waals surface area (Å²) in [6.07, 6.45) is 6.69. The smallest absolute Gasteiger partial charge is 0.113 e. The van der Waals surface area contributed by atoms with E-state index in [1.54, 1.807) is 12.3 Å². The molecule has 0 bridgehead atoms. The molecule has 0 aromatic carbocycles. The molecule has 2 heteroatoms. The first-order valence-corrected chi connectivity index (χ1v) is 2.93. The number of pyridine rings is 1. The second-order valence-electron chi connectivity index (χ2n) is 2.07. The van der Waals surface area contributed by atoms with Crippen LogP contribution >= 0.6 is 0 Å². The number of rotatable bonds is 0. The van der Waals surface area contributed by atoms with E-state index in [1.807, 2.05) is 6.92 Å². The van der Waals surface area contributed by atoms with Gasteiger partial charge in [-0.15, -0.1) is 6.42 Å². The Morgan fingerprint density at radius 1 is 1.70 bits per heavy atom. The SMILES string of the molecule is C#Cc1cc(C)c(N)cn1. The molecule has 0 aliphatic rings. The molecule has 1 heterocycles. The van der Waals surface area contributed by atoms with Crippen LogP contribution < -0.4 is 5.73 Å². The van der Waals surface area contributed by atoms with Crippen LogP contribution in [0.1, 0.15) is 11.3 Å². The topological polar surface area (TPSA) is 38.9 Å². The van der Waals surface area contributed by atoms with E-state index < -0.39 is 0 Å². The van der Waals surface area contributed by atoms with Gasteiger partial charge >= 0.3 is 0 Å². The van der Waals surface area contributed by atoms with Gasteiger partial charge in [0.25, 0.3) is 0 Å². The lowest BCUT2D eigenvalue weighted by atomic mass is 10.2. The second-order valence-corrected chi connectivity index (χ2v) is 2.07. The number of nitrogen functional groups attached to an aromatic ring is 1. The molecule has 0 saturated heterocycles. The van der Waals surface area contributed by atoms with E-state index in [-0.39, 0.29) is 0 Å². The fraction of sp³-hybridized carbons (Fsp3) is 0.125. The number of anilines is 1. The molecular weight excluding hydrogens is 124 g/mol. The van der Waals surface area contributed by atoms with Gasteiger partial charge in [0.05, 0.1) is 11.9 Å². The summed E-state index contributed by atoms with van der Waals surface area (Å²) >= 11 is 0. The van der Waals surface area contributed by atoms with Crippen molar-refractivity contribution in [1.82, 2.24) is 4.98 Å². The Balaban J connectivity index is 3.20. The molecule has 0 amide bonds. The minimum Gasteiger partial charge on any atom is -0.397 e. The summed E-state index contributed by atoms with van der Waals surface area (Å²) in [5, 5.41) is 0. The fourth-order valence-corrected chi connectivity index (χ4v) is 0.646. The van der Waals surface area contributed by atoms with E-state index in [2.05, 4.69) is 10.9 Å². The maximum Gasteiger partial charge on any atom is 0.113 e. The Kier molecular flexibility index (Phi) is 1.59. The Labute approximate surface area is 60.1 Å². The Bertz CT molecular complexity index is 284. The van der Waals surface area contributed by atoms with Crippen LogP contribution in [0.4, 0.5) is 5.69 Å². The molecule has 0 spiro atoms. The lowest BCUT2D eigenvalue weighted by molar-refractivity contribution is 1.26. The van der Waals surface area contributed by atoms with Gasteiger partial charge in [-0.1, -0.05) is 5.92 Å². The highest BCUT2D eigenvalue weighted by atomic mass is 14.7. The van der Waals surface area contributed by atoms with Crippen molar-refractivity contribution >= 4 is 5.69 Å². The Hall–Kier alpha value is -1.49. The van der Waals surface area contributed by atoms with E-state index in [4.69, 9.17) is 12.2 Å². The third-order valence-electron chi connectivity index (χ3n) is 1.30. The molecule has 1 aromatic heterocycles. The maximum absolute atomic E-state index is 5.51. The normalized spacial score (nSPS) is 8.80. The van der Waals surface area contributed by atoms with Crippen molar-refractivity contribution < 1.29 is 0 Å². The van der Waals surface area contributed by atoms with E-state index in [1.165, 1.54) is 0 Å². The van der Waals surface area contributed by atoms with Crippen LogP contribution in [0.5, 0.6) is 0 Å². The van der Waals surface area contributed by atoms with Crippen molar-refractivity contribution in [2.45, 2.75) is 6.92 Å².